The molecule has 0 spiro atoms. The average molecular weight is 205 g/mol. The van der Waals surface area contributed by atoms with Gasteiger partial charge in [-0.2, -0.15) is 0 Å². The second-order valence-corrected chi connectivity index (χ2v) is 4.94. The lowest BCUT2D eigenvalue weighted by atomic mass is 9.89. The number of imidazole rings is 1. The van der Waals surface area contributed by atoms with Crippen molar-refractivity contribution in [3.05, 3.63) is 17.7 Å². The summed E-state index contributed by atoms with van der Waals surface area (Å²) < 4.78 is 2.44. The maximum absolute atomic E-state index is 4.59. The first-order chi connectivity index (χ1) is 7.38. The maximum atomic E-state index is 4.59. The van der Waals surface area contributed by atoms with Crippen LogP contribution in [0.3, 0.4) is 0 Å². The van der Waals surface area contributed by atoms with Gasteiger partial charge in [0.2, 0.25) is 0 Å². The van der Waals surface area contributed by atoms with Crippen LogP contribution in [0.4, 0.5) is 0 Å². The summed E-state index contributed by atoms with van der Waals surface area (Å²) in [6.07, 6.45) is 8.54. The van der Waals surface area contributed by atoms with Crippen molar-refractivity contribution in [2.75, 3.05) is 13.6 Å². The molecule has 1 N–H and O–H groups in total. The van der Waals surface area contributed by atoms with Gasteiger partial charge in [0, 0.05) is 11.7 Å². The number of hydrogen-bond acceptors (Lipinski definition) is 2. The van der Waals surface area contributed by atoms with Crippen LogP contribution in [-0.2, 0) is 12.8 Å². The summed E-state index contributed by atoms with van der Waals surface area (Å²) in [4.78, 5) is 4.59. The highest BCUT2D eigenvalue weighted by molar-refractivity contribution is 5.19. The third kappa shape index (κ3) is 1.69. The van der Waals surface area contributed by atoms with Gasteiger partial charge in [-0.25, -0.2) is 4.98 Å². The molecule has 0 aliphatic heterocycles. The van der Waals surface area contributed by atoms with Gasteiger partial charge in [-0.05, 0) is 51.6 Å². The molecule has 1 fully saturated rings. The Morgan fingerprint density at radius 3 is 3.07 bits per heavy atom. The van der Waals surface area contributed by atoms with Gasteiger partial charge in [0.1, 0.15) is 0 Å². The molecule has 3 rings (SSSR count). The summed E-state index contributed by atoms with van der Waals surface area (Å²) >= 11 is 0. The minimum Gasteiger partial charge on any atom is -0.331 e. The van der Waals surface area contributed by atoms with Gasteiger partial charge in [0.15, 0.2) is 0 Å². The normalized spacial score (nSPS) is 25.3. The number of nitrogens with one attached hydrogen (secondary N) is 1. The van der Waals surface area contributed by atoms with Gasteiger partial charge in [0.25, 0.3) is 0 Å². The SMILES string of the molecule is CNCC1CCc2c(ncn2C2CC2)C1. The molecule has 1 heterocycles. The van der Waals surface area contributed by atoms with Gasteiger partial charge in [-0.15, -0.1) is 0 Å². The number of nitrogens with zero attached hydrogens (tertiary/aromatic N) is 2. The van der Waals surface area contributed by atoms with E-state index in [9.17, 15) is 0 Å². The summed E-state index contributed by atoms with van der Waals surface area (Å²) in [5, 5.41) is 3.28. The molecule has 1 saturated carbocycles. The highest BCUT2D eigenvalue weighted by atomic mass is 15.1. The standard InChI is InChI=1S/C12H19N3/c1-13-7-9-2-5-12-11(6-9)14-8-15(12)10-3-4-10/h8-10,13H,2-7H2,1H3. The molecule has 1 aromatic rings. The van der Waals surface area contributed by atoms with Crippen LogP contribution in [0, 0.1) is 5.92 Å². The van der Waals surface area contributed by atoms with Crippen molar-refractivity contribution in [3.63, 3.8) is 0 Å². The Balaban J connectivity index is 1.79. The molecule has 0 radical (unpaired) electrons. The summed E-state index contributed by atoms with van der Waals surface area (Å²) in [5.74, 6) is 0.796. The van der Waals surface area contributed by atoms with Gasteiger partial charge in [-0.1, -0.05) is 0 Å². The molecule has 3 nitrogen and oxygen atoms in total. The number of aromatic nitrogens is 2. The van der Waals surface area contributed by atoms with Crippen LogP contribution in [-0.4, -0.2) is 23.1 Å². The predicted molar refractivity (Wildman–Crippen MR) is 59.9 cm³/mol. The lowest BCUT2D eigenvalue weighted by Crippen LogP contribution is -2.25. The van der Waals surface area contributed by atoms with E-state index in [1.807, 2.05) is 7.05 Å². The first-order valence-electron chi connectivity index (χ1n) is 6.07. The topological polar surface area (TPSA) is 29.9 Å². The Morgan fingerprint density at radius 1 is 1.47 bits per heavy atom. The second kappa shape index (κ2) is 3.63. The Bertz CT molecular complexity index is 352. The lowest BCUT2D eigenvalue weighted by Gasteiger charge is -2.22. The van der Waals surface area contributed by atoms with Gasteiger partial charge in [0.05, 0.1) is 12.0 Å². The average Bonchev–Trinajstić information content (AvgIpc) is 3.00. The summed E-state index contributed by atoms with van der Waals surface area (Å²) in [6, 6.07) is 0.794. The Hall–Kier alpha value is -0.830. The zero-order chi connectivity index (χ0) is 10.3. The van der Waals surface area contributed by atoms with Crippen LogP contribution >= 0.6 is 0 Å². The minimum absolute atomic E-state index is 0.794. The largest absolute Gasteiger partial charge is 0.331 e. The van der Waals surface area contributed by atoms with E-state index in [0.717, 1.165) is 18.5 Å². The Labute approximate surface area is 90.9 Å². The van der Waals surface area contributed by atoms with Crippen LogP contribution in [0.25, 0.3) is 0 Å². The molecule has 3 heteroatoms. The number of rotatable bonds is 3. The lowest BCUT2D eigenvalue weighted by molar-refractivity contribution is 0.426. The van der Waals surface area contributed by atoms with Crippen molar-refractivity contribution < 1.29 is 0 Å². The van der Waals surface area contributed by atoms with Crippen molar-refractivity contribution in [3.8, 4) is 0 Å². The molecule has 1 aromatic heterocycles. The molecule has 0 aromatic carbocycles. The van der Waals surface area contributed by atoms with Crippen molar-refractivity contribution in [2.45, 2.75) is 38.1 Å². The summed E-state index contributed by atoms with van der Waals surface area (Å²) in [5.41, 5.74) is 2.90. The quantitative estimate of drug-likeness (QED) is 0.811. The van der Waals surface area contributed by atoms with Crippen LogP contribution < -0.4 is 5.32 Å². The molecule has 1 atom stereocenters. The third-order valence-electron chi connectivity index (χ3n) is 3.69. The molecule has 15 heavy (non-hydrogen) atoms. The van der Waals surface area contributed by atoms with E-state index in [0.29, 0.717) is 0 Å². The summed E-state index contributed by atoms with van der Waals surface area (Å²) in [7, 11) is 2.04. The van der Waals surface area contributed by atoms with Gasteiger partial charge in [-0.3, -0.25) is 0 Å². The van der Waals surface area contributed by atoms with Crippen LogP contribution in [0.5, 0.6) is 0 Å². The van der Waals surface area contributed by atoms with Crippen LogP contribution in [0.2, 0.25) is 0 Å². The Kier molecular flexibility index (Phi) is 2.28. The van der Waals surface area contributed by atoms with E-state index in [1.165, 1.54) is 43.5 Å². The molecular weight excluding hydrogens is 186 g/mol. The second-order valence-electron chi connectivity index (χ2n) is 4.94. The number of fused-ring (bicyclic) bond motifs is 1. The first-order valence-corrected chi connectivity index (χ1v) is 6.07. The Morgan fingerprint density at radius 2 is 2.33 bits per heavy atom. The van der Waals surface area contributed by atoms with E-state index in [2.05, 4.69) is 21.2 Å². The number of hydrogen-bond donors (Lipinski definition) is 1. The first kappa shape index (κ1) is 9.40. The smallest absolute Gasteiger partial charge is 0.0954 e. The van der Waals surface area contributed by atoms with E-state index >= 15 is 0 Å². The predicted octanol–water partition coefficient (Wildman–Crippen LogP) is 1.54. The van der Waals surface area contributed by atoms with Gasteiger partial charge < -0.3 is 9.88 Å². The van der Waals surface area contributed by atoms with E-state index in [1.54, 1.807) is 0 Å². The van der Waals surface area contributed by atoms with Crippen molar-refractivity contribution in [2.24, 2.45) is 5.92 Å². The third-order valence-corrected chi connectivity index (χ3v) is 3.69. The highest BCUT2D eigenvalue weighted by Crippen LogP contribution is 2.38. The fraction of sp³-hybridized carbons (Fsp3) is 0.750. The van der Waals surface area contributed by atoms with Crippen molar-refractivity contribution >= 4 is 0 Å². The molecule has 2 aliphatic rings. The van der Waals surface area contributed by atoms with Crippen LogP contribution in [0.15, 0.2) is 6.33 Å². The zero-order valence-corrected chi connectivity index (χ0v) is 9.37. The zero-order valence-electron chi connectivity index (χ0n) is 9.37. The molecule has 82 valence electrons. The van der Waals surface area contributed by atoms with Crippen LogP contribution in [0.1, 0.15) is 36.7 Å². The minimum atomic E-state index is 0.794. The van der Waals surface area contributed by atoms with Crippen molar-refractivity contribution in [1.29, 1.82) is 0 Å². The molecule has 2 aliphatic carbocycles. The molecule has 0 amide bonds. The van der Waals surface area contributed by atoms with E-state index < -0.39 is 0 Å². The molecule has 0 saturated heterocycles. The maximum Gasteiger partial charge on any atom is 0.0954 e. The van der Waals surface area contributed by atoms with Gasteiger partial charge >= 0.3 is 0 Å². The van der Waals surface area contributed by atoms with E-state index in [-0.39, 0.29) is 0 Å². The fourth-order valence-electron chi connectivity index (χ4n) is 2.72. The molecule has 0 bridgehead atoms. The fourth-order valence-corrected chi connectivity index (χ4v) is 2.72. The van der Waals surface area contributed by atoms with Crippen molar-refractivity contribution in [1.82, 2.24) is 14.9 Å². The molecule has 1 unspecified atom stereocenters. The highest BCUT2D eigenvalue weighted by Gasteiger charge is 2.29. The monoisotopic (exact) mass is 205 g/mol. The molecular formula is C12H19N3. The van der Waals surface area contributed by atoms with E-state index in [4.69, 9.17) is 0 Å². The summed E-state index contributed by atoms with van der Waals surface area (Å²) in [6.45, 7) is 1.13.